The van der Waals surface area contributed by atoms with Crippen LogP contribution in [0.4, 0.5) is 4.79 Å². The van der Waals surface area contributed by atoms with Crippen molar-refractivity contribution < 1.29 is 14.3 Å². The van der Waals surface area contributed by atoms with Gasteiger partial charge in [-0.15, -0.1) is 0 Å². The first-order valence-corrected chi connectivity index (χ1v) is 6.69. The summed E-state index contributed by atoms with van der Waals surface area (Å²) in [6.07, 6.45) is 1.61. The van der Waals surface area contributed by atoms with E-state index in [1.807, 2.05) is 0 Å². The molecule has 18 heavy (non-hydrogen) atoms. The zero-order valence-electron chi connectivity index (χ0n) is 11.0. The Labute approximate surface area is 108 Å². The molecule has 1 amide bonds. The quantitative estimate of drug-likeness (QED) is 0.733. The Kier molecular flexibility index (Phi) is 5.22. The number of carbonyl (C=O) groups is 1. The molecule has 0 aromatic carbocycles. The first kappa shape index (κ1) is 13.6. The maximum Gasteiger partial charge on any atom is 0.407 e. The minimum Gasteiger partial charge on any atom is -0.446 e. The van der Waals surface area contributed by atoms with Crippen molar-refractivity contribution in [2.24, 2.45) is 0 Å². The standard InChI is InChI=1S/C12H23N3O3/c1-15-6-7-17-11(9-15)8-14-12(16)18-10-2-4-13-5-3-10/h10-11,13H,2-9H2,1H3,(H,14,16). The second kappa shape index (κ2) is 6.92. The highest BCUT2D eigenvalue weighted by Gasteiger charge is 2.20. The van der Waals surface area contributed by atoms with Crippen molar-refractivity contribution in [1.29, 1.82) is 0 Å². The SMILES string of the molecule is CN1CCOC(CNC(=O)OC2CCNCC2)C1. The molecule has 2 N–H and O–H groups in total. The third-order valence-corrected chi connectivity index (χ3v) is 3.38. The van der Waals surface area contributed by atoms with Gasteiger partial charge in [0.15, 0.2) is 0 Å². The Bertz CT molecular complexity index is 269. The number of hydrogen-bond donors (Lipinski definition) is 2. The number of nitrogens with zero attached hydrogens (tertiary/aromatic N) is 1. The zero-order valence-corrected chi connectivity index (χ0v) is 11.0. The number of ether oxygens (including phenoxy) is 2. The summed E-state index contributed by atoms with van der Waals surface area (Å²) < 4.78 is 10.9. The lowest BCUT2D eigenvalue weighted by Crippen LogP contribution is -2.46. The van der Waals surface area contributed by atoms with E-state index < -0.39 is 0 Å². The minimum absolute atomic E-state index is 0.0567. The van der Waals surface area contributed by atoms with Crippen molar-refractivity contribution in [3.05, 3.63) is 0 Å². The van der Waals surface area contributed by atoms with Gasteiger partial charge in [0.05, 0.1) is 12.7 Å². The maximum absolute atomic E-state index is 11.6. The van der Waals surface area contributed by atoms with Crippen LogP contribution >= 0.6 is 0 Å². The first-order chi connectivity index (χ1) is 8.74. The second-order valence-electron chi connectivity index (χ2n) is 4.99. The molecule has 2 saturated heterocycles. The van der Waals surface area contributed by atoms with Gasteiger partial charge in [0.25, 0.3) is 0 Å². The molecule has 2 fully saturated rings. The van der Waals surface area contributed by atoms with Crippen molar-refractivity contribution in [3.63, 3.8) is 0 Å². The van der Waals surface area contributed by atoms with Gasteiger partial charge >= 0.3 is 6.09 Å². The van der Waals surface area contributed by atoms with Crippen molar-refractivity contribution in [1.82, 2.24) is 15.5 Å². The van der Waals surface area contributed by atoms with Crippen LogP contribution in [0.2, 0.25) is 0 Å². The van der Waals surface area contributed by atoms with Crippen LogP contribution in [0.25, 0.3) is 0 Å². The van der Waals surface area contributed by atoms with Crippen LogP contribution in [0.3, 0.4) is 0 Å². The molecule has 2 heterocycles. The molecule has 0 radical (unpaired) electrons. The van der Waals surface area contributed by atoms with Gasteiger partial charge in [-0.05, 0) is 33.0 Å². The van der Waals surface area contributed by atoms with E-state index in [-0.39, 0.29) is 18.3 Å². The maximum atomic E-state index is 11.6. The minimum atomic E-state index is -0.321. The van der Waals surface area contributed by atoms with E-state index in [0.29, 0.717) is 6.54 Å². The highest BCUT2D eigenvalue weighted by molar-refractivity contribution is 5.67. The van der Waals surface area contributed by atoms with Crippen molar-refractivity contribution in [2.75, 3.05) is 46.4 Å². The van der Waals surface area contributed by atoms with Gasteiger partial charge in [-0.2, -0.15) is 0 Å². The summed E-state index contributed by atoms with van der Waals surface area (Å²) in [7, 11) is 2.06. The molecule has 0 aromatic rings. The third kappa shape index (κ3) is 4.44. The number of carbonyl (C=O) groups excluding carboxylic acids is 1. The highest BCUT2D eigenvalue weighted by atomic mass is 16.6. The Hall–Kier alpha value is -0.850. The normalized spacial score (nSPS) is 26.8. The fraction of sp³-hybridized carbons (Fsp3) is 0.917. The van der Waals surface area contributed by atoms with Gasteiger partial charge in [-0.1, -0.05) is 0 Å². The summed E-state index contributed by atoms with van der Waals surface area (Å²) in [5.74, 6) is 0. The van der Waals surface area contributed by atoms with Crippen LogP contribution in [0.1, 0.15) is 12.8 Å². The second-order valence-corrected chi connectivity index (χ2v) is 4.99. The van der Waals surface area contributed by atoms with E-state index >= 15 is 0 Å². The molecule has 0 aliphatic carbocycles. The van der Waals surface area contributed by atoms with Crippen LogP contribution < -0.4 is 10.6 Å². The Morgan fingerprint density at radius 1 is 1.50 bits per heavy atom. The number of hydrogen-bond acceptors (Lipinski definition) is 5. The molecule has 2 rings (SSSR count). The molecule has 2 aliphatic rings. The van der Waals surface area contributed by atoms with E-state index in [9.17, 15) is 4.79 Å². The summed E-state index contributed by atoms with van der Waals surface area (Å²) in [4.78, 5) is 13.8. The molecule has 0 aromatic heterocycles. The summed E-state index contributed by atoms with van der Waals surface area (Å²) in [6.45, 7) is 4.91. The molecule has 104 valence electrons. The number of piperidine rings is 1. The molecule has 0 bridgehead atoms. The van der Waals surface area contributed by atoms with E-state index in [2.05, 4.69) is 22.6 Å². The fourth-order valence-electron chi connectivity index (χ4n) is 2.29. The van der Waals surface area contributed by atoms with Crippen LogP contribution in [0.15, 0.2) is 0 Å². The van der Waals surface area contributed by atoms with E-state index in [1.165, 1.54) is 0 Å². The van der Waals surface area contributed by atoms with Crippen LogP contribution in [-0.4, -0.2) is 69.6 Å². The summed E-state index contributed by atoms with van der Waals surface area (Å²) in [5, 5.41) is 6.03. The van der Waals surface area contributed by atoms with Crippen molar-refractivity contribution in [2.45, 2.75) is 25.0 Å². The van der Waals surface area contributed by atoms with E-state index in [4.69, 9.17) is 9.47 Å². The summed E-state index contributed by atoms with van der Waals surface area (Å²) in [6, 6.07) is 0. The molecule has 6 nitrogen and oxygen atoms in total. The highest BCUT2D eigenvalue weighted by Crippen LogP contribution is 2.07. The van der Waals surface area contributed by atoms with Gasteiger partial charge in [0.2, 0.25) is 0 Å². The van der Waals surface area contributed by atoms with Crippen molar-refractivity contribution >= 4 is 6.09 Å². The molecule has 1 atom stereocenters. The van der Waals surface area contributed by atoms with E-state index in [1.54, 1.807) is 0 Å². The number of likely N-dealkylation sites (N-methyl/N-ethyl adjacent to an activating group) is 1. The van der Waals surface area contributed by atoms with Gasteiger partial charge in [0, 0.05) is 19.6 Å². The predicted molar refractivity (Wildman–Crippen MR) is 67.6 cm³/mol. The van der Waals surface area contributed by atoms with Gasteiger partial charge in [-0.25, -0.2) is 4.79 Å². The summed E-state index contributed by atoms with van der Waals surface area (Å²) >= 11 is 0. The molecule has 2 aliphatic heterocycles. The van der Waals surface area contributed by atoms with Gasteiger partial charge in [-0.3, -0.25) is 0 Å². The van der Waals surface area contributed by atoms with Crippen LogP contribution in [-0.2, 0) is 9.47 Å². The van der Waals surface area contributed by atoms with Gasteiger partial charge in [0.1, 0.15) is 6.10 Å². The topological polar surface area (TPSA) is 62.8 Å². The van der Waals surface area contributed by atoms with Crippen LogP contribution in [0, 0.1) is 0 Å². The van der Waals surface area contributed by atoms with E-state index in [0.717, 1.165) is 45.6 Å². The Balaban J connectivity index is 1.61. The smallest absolute Gasteiger partial charge is 0.407 e. The average molecular weight is 257 g/mol. The number of morpholine rings is 1. The first-order valence-electron chi connectivity index (χ1n) is 6.69. The number of nitrogens with one attached hydrogen (secondary N) is 2. The monoisotopic (exact) mass is 257 g/mol. The molecule has 1 unspecified atom stereocenters. The Morgan fingerprint density at radius 2 is 2.28 bits per heavy atom. The molecular formula is C12H23N3O3. The lowest BCUT2D eigenvalue weighted by molar-refractivity contribution is -0.0190. The number of rotatable bonds is 3. The largest absolute Gasteiger partial charge is 0.446 e. The fourth-order valence-corrected chi connectivity index (χ4v) is 2.29. The third-order valence-electron chi connectivity index (χ3n) is 3.38. The molecule has 6 heteroatoms. The van der Waals surface area contributed by atoms with Gasteiger partial charge < -0.3 is 25.0 Å². The summed E-state index contributed by atoms with van der Waals surface area (Å²) in [5.41, 5.74) is 0. The number of amides is 1. The number of alkyl carbamates (subject to hydrolysis) is 1. The van der Waals surface area contributed by atoms with Crippen molar-refractivity contribution in [3.8, 4) is 0 Å². The average Bonchev–Trinajstić information content (AvgIpc) is 2.38. The predicted octanol–water partition coefficient (Wildman–Crippen LogP) is -0.205. The Morgan fingerprint density at radius 3 is 3.00 bits per heavy atom. The molecule has 0 spiro atoms. The lowest BCUT2D eigenvalue weighted by atomic mass is 10.1. The lowest BCUT2D eigenvalue weighted by Gasteiger charge is -2.30. The zero-order chi connectivity index (χ0) is 12.8. The molecule has 0 saturated carbocycles. The van der Waals surface area contributed by atoms with Crippen LogP contribution in [0.5, 0.6) is 0 Å². The molecular weight excluding hydrogens is 234 g/mol.